The van der Waals surface area contributed by atoms with E-state index in [-0.39, 0.29) is 11.7 Å². The van der Waals surface area contributed by atoms with E-state index in [1.54, 1.807) is 0 Å². The molecule has 2 heterocycles. The van der Waals surface area contributed by atoms with Gasteiger partial charge in [-0.05, 0) is 20.3 Å². The summed E-state index contributed by atoms with van der Waals surface area (Å²) in [4.78, 5) is 11.9. The number of ether oxygens (including phenoxy) is 2. The Kier molecular flexibility index (Phi) is 1.98. The predicted octanol–water partition coefficient (Wildman–Crippen LogP) is 1.14. The van der Waals surface area contributed by atoms with Gasteiger partial charge in [0, 0.05) is 18.4 Å². The summed E-state index contributed by atoms with van der Waals surface area (Å²) in [6.45, 7) is 3.65. The molecule has 3 atom stereocenters. The van der Waals surface area contributed by atoms with Gasteiger partial charge < -0.3 is 14.6 Å². The van der Waals surface area contributed by atoms with Gasteiger partial charge in [-0.1, -0.05) is 0 Å². The van der Waals surface area contributed by atoms with E-state index in [0.29, 0.717) is 12.0 Å². The highest BCUT2D eigenvalue weighted by Crippen LogP contribution is 2.48. The van der Waals surface area contributed by atoms with Crippen molar-refractivity contribution in [2.24, 2.45) is 5.92 Å². The molecule has 1 aliphatic carbocycles. The quantitative estimate of drug-likeness (QED) is 0.670. The Morgan fingerprint density at radius 3 is 2.88 bits per heavy atom. The first kappa shape index (κ1) is 10.3. The summed E-state index contributed by atoms with van der Waals surface area (Å²) in [6.07, 6.45) is 1.09. The number of Topliss-reactive ketones (excluding diaryl/α,β-unsaturated/α-hetero) is 1. The number of fused-ring (bicyclic) bond motifs is 2. The van der Waals surface area contributed by atoms with Crippen molar-refractivity contribution < 1.29 is 19.4 Å². The lowest BCUT2D eigenvalue weighted by Crippen LogP contribution is -2.37. The molecule has 1 N–H and O–H groups in total. The number of allylic oxidation sites excluding steroid dienone is 1. The molecule has 0 spiro atoms. The Morgan fingerprint density at radius 2 is 2.12 bits per heavy atom. The Labute approximate surface area is 94.2 Å². The molecule has 3 aliphatic rings. The molecule has 16 heavy (non-hydrogen) atoms. The second kappa shape index (κ2) is 3.08. The lowest BCUT2D eigenvalue weighted by Gasteiger charge is -2.25. The highest BCUT2D eigenvalue weighted by molar-refractivity contribution is 5.97. The lowest BCUT2D eigenvalue weighted by atomic mass is 9.82. The number of ketones is 1. The van der Waals surface area contributed by atoms with E-state index in [1.807, 2.05) is 13.8 Å². The van der Waals surface area contributed by atoms with Gasteiger partial charge in [0.25, 0.3) is 0 Å². The smallest absolute Gasteiger partial charge is 0.209 e. The van der Waals surface area contributed by atoms with Gasteiger partial charge in [0.05, 0.1) is 17.6 Å². The van der Waals surface area contributed by atoms with Crippen LogP contribution in [0.1, 0.15) is 33.1 Å². The summed E-state index contributed by atoms with van der Waals surface area (Å²) in [5.41, 5.74) is 0.0558. The van der Waals surface area contributed by atoms with Crippen molar-refractivity contribution in [1.82, 2.24) is 0 Å². The minimum absolute atomic E-state index is 0.120. The zero-order valence-electron chi connectivity index (χ0n) is 9.53. The first-order valence-corrected chi connectivity index (χ1v) is 5.79. The zero-order chi connectivity index (χ0) is 11.5. The fraction of sp³-hybridized carbons (Fsp3) is 0.750. The Balaban J connectivity index is 1.99. The van der Waals surface area contributed by atoms with Crippen molar-refractivity contribution in [3.05, 3.63) is 11.3 Å². The van der Waals surface area contributed by atoms with E-state index in [4.69, 9.17) is 9.47 Å². The van der Waals surface area contributed by atoms with Crippen LogP contribution in [0.25, 0.3) is 0 Å². The lowest BCUT2D eigenvalue weighted by molar-refractivity contribution is -0.144. The van der Waals surface area contributed by atoms with Crippen LogP contribution >= 0.6 is 0 Å². The van der Waals surface area contributed by atoms with Crippen molar-refractivity contribution in [1.29, 1.82) is 0 Å². The van der Waals surface area contributed by atoms with Crippen LogP contribution < -0.4 is 0 Å². The molecule has 0 unspecified atom stereocenters. The van der Waals surface area contributed by atoms with Crippen molar-refractivity contribution >= 4 is 5.78 Å². The van der Waals surface area contributed by atoms with Gasteiger partial charge in [0.2, 0.25) is 6.29 Å². The third kappa shape index (κ3) is 1.20. The van der Waals surface area contributed by atoms with Gasteiger partial charge in [-0.15, -0.1) is 0 Å². The van der Waals surface area contributed by atoms with Crippen LogP contribution in [0, 0.1) is 5.92 Å². The maximum absolute atomic E-state index is 11.9. The first-order valence-electron chi connectivity index (χ1n) is 5.79. The van der Waals surface area contributed by atoms with Crippen LogP contribution in [0.4, 0.5) is 0 Å². The predicted molar refractivity (Wildman–Crippen MR) is 55.4 cm³/mol. The Morgan fingerprint density at radius 1 is 1.38 bits per heavy atom. The van der Waals surface area contributed by atoms with Crippen LogP contribution in [-0.2, 0) is 14.3 Å². The topological polar surface area (TPSA) is 55.8 Å². The minimum Gasteiger partial charge on any atom is -0.468 e. The van der Waals surface area contributed by atoms with Crippen molar-refractivity contribution in [3.8, 4) is 0 Å². The standard InChI is InChI=1S/C12H16O4/c1-12(2)10(14)9-8-6(13)4-3-5-7(8)15-11(9)16-12/h9-11,14H,3-5H2,1-2H3/t9-,10+,11+/m0/s1. The number of hydrogen-bond donors (Lipinski definition) is 1. The molecule has 1 saturated heterocycles. The Bertz CT molecular complexity index is 382. The fourth-order valence-corrected chi connectivity index (χ4v) is 2.88. The van der Waals surface area contributed by atoms with Crippen LogP contribution in [0.2, 0.25) is 0 Å². The fourth-order valence-electron chi connectivity index (χ4n) is 2.88. The van der Waals surface area contributed by atoms with Gasteiger partial charge in [-0.3, -0.25) is 4.79 Å². The number of aliphatic hydroxyl groups is 1. The second-order valence-electron chi connectivity index (χ2n) is 5.29. The zero-order valence-corrected chi connectivity index (χ0v) is 9.53. The van der Waals surface area contributed by atoms with E-state index in [1.165, 1.54) is 0 Å². The SMILES string of the molecule is CC1(C)O[C@H]2OC3=C(C(=O)CCC3)[C@H]2[C@H]1O. The molecule has 88 valence electrons. The number of carbonyl (C=O) groups excluding carboxylic acids is 1. The van der Waals surface area contributed by atoms with Crippen LogP contribution in [0.5, 0.6) is 0 Å². The molecule has 1 fully saturated rings. The van der Waals surface area contributed by atoms with E-state index >= 15 is 0 Å². The van der Waals surface area contributed by atoms with Gasteiger partial charge in [-0.25, -0.2) is 0 Å². The molecule has 0 bridgehead atoms. The summed E-state index contributed by atoms with van der Waals surface area (Å²) in [6, 6.07) is 0. The molecule has 0 aromatic carbocycles. The molecule has 0 amide bonds. The summed E-state index contributed by atoms with van der Waals surface area (Å²) in [5.74, 6) is 0.590. The molecule has 2 aliphatic heterocycles. The van der Waals surface area contributed by atoms with Gasteiger partial charge in [-0.2, -0.15) is 0 Å². The summed E-state index contributed by atoms with van der Waals surface area (Å²) >= 11 is 0. The number of aliphatic hydroxyl groups excluding tert-OH is 1. The molecule has 4 nitrogen and oxygen atoms in total. The normalized spacial score (nSPS) is 40.7. The molecule has 0 aromatic heterocycles. The number of carbonyl (C=O) groups is 1. The second-order valence-corrected chi connectivity index (χ2v) is 5.29. The van der Waals surface area contributed by atoms with Crippen molar-refractivity contribution in [2.45, 2.75) is 51.1 Å². The van der Waals surface area contributed by atoms with E-state index in [2.05, 4.69) is 0 Å². The highest BCUT2D eigenvalue weighted by atomic mass is 16.7. The van der Waals surface area contributed by atoms with Crippen LogP contribution in [0.3, 0.4) is 0 Å². The molecular formula is C12H16O4. The summed E-state index contributed by atoms with van der Waals surface area (Å²) in [7, 11) is 0. The van der Waals surface area contributed by atoms with Crippen LogP contribution in [0.15, 0.2) is 11.3 Å². The molecule has 3 rings (SSSR count). The molecule has 4 heteroatoms. The average molecular weight is 224 g/mol. The number of hydrogen-bond acceptors (Lipinski definition) is 4. The molecular weight excluding hydrogens is 208 g/mol. The summed E-state index contributed by atoms with van der Waals surface area (Å²) < 4.78 is 11.3. The van der Waals surface area contributed by atoms with Crippen molar-refractivity contribution in [3.63, 3.8) is 0 Å². The van der Waals surface area contributed by atoms with Crippen molar-refractivity contribution in [2.75, 3.05) is 0 Å². The van der Waals surface area contributed by atoms with Crippen LogP contribution in [-0.4, -0.2) is 28.9 Å². The monoisotopic (exact) mass is 224 g/mol. The summed E-state index contributed by atoms with van der Waals surface area (Å²) in [5, 5.41) is 10.2. The van der Waals surface area contributed by atoms with E-state index < -0.39 is 18.0 Å². The maximum atomic E-state index is 11.9. The maximum Gasteiger partial charge on any atom is 0.209 e. The van der Waals surface area contributed by atoms with Gasteiger partial charge >= 0.3 is 0 Å². The van der Waals surface area contributed by atoms with E-state index in [9.17, 15) is 9.90 Å². The molecule has 0 aromatic rings. The Hall–Kier alpha value is -0.870. The van der Waals surface area contributed by atoms with Gasteiger partial charge in [0.1, 0.15) is 5.76 Å². The number of rotatable bonds is 0. The van der Waals surface area contributed by atoms with Gasteiger partial charge in [0.15, 0.2) is 5.78 Å². The average Bonchev–Trinajstić information content (AvgIpc) is 2.63. The third-order valence-electron chi connectivity index (χ3n) is 3.77. The molecule has 0 radical (unpaired) electrons. The minimum atomic E-state index is -0.660. The first-order chi connectivity index (χ1) is 7.50. The molecule has 0 saturated carbocycles. The third-order valence-corrected chi connectivity index (χ3v) is 3.77. The van der Waals surface area contributed by atoms with E-state index in [0.717, 1.165) is 18.6 Å². The largest absolute Gasteiger partial charge is 0.468 e. The highest BCUT2D eigenvalue weighted by Gasteiger charge is 2.57.